The molecule has 0 aliphatic heterocycles. The second-order valence-electron chi connectivity index (χ2n) is 6.78. The smallest absolute Gasteiger partial charge is 0.354 e. The number of carbonyl (C=O) groups excluding carboxylic acids is 1. The number of nitrogens with zero attached hydrogens (tertiary/aromatic N) is 1. The van der Waals surface area contributed by atoms with Gasteiger partial charge in [0.1, 0.15) is 5.69 Å². The second kappa shape index (κ2) is 8.98. The predicted molar refractivity (Wildman–Crippen MR) is 118 cm³/mol. The first-order valence-electron chi connectivity index (χ1n) is 9.85. The highest BCUT2D eigenvalue weighted by molar-refractivity contribution is 6.02. The number of fused-ring (bicyclic) bond motifs is 1. The van der Waals surface area contributed by atoms with Gasteiger partial charge in [0.15, 0.2) is 11.5 Å². The summed E-state index contributed by atoms with van der Waals surface area (Å²) < 4.78 is 23.5. The van der Waals surface area contributed by atoms with Gasteiger partial charge in [0.05, 0.1) is 33.5 Å². The van der Waals surface area contributed by atoms with Gasteiger partial charge in [0, 0.05) is 35.4 Å². The number of aromatic nitrogens is 1. The van der Waals surface area contributed by atoms with E-state index in [2.05, 4.69) is 11.4 Å². The van der Waals surface area contributed by atoms with Gasteiger partial charge in [-0.3, -0.25) is 0 Å². The number of methoxy groups -OCH3 is 3. The van der Waals surface area contributed by atoms with E-state index in [1.165, 1.54) is 0 Å². The van der Waals surface area contributed by atoms with Crippen molar-refractivity contribution in [2.24, 2.45) is 0 Å². The van der Waals surface area contributed by atoms with Gasteiger partial charge >= 0.3 is 5.97 Å². The van der Waals surface area contributed by atoms with Crippen molar-refractivity contribution >= 4 is 28.2 Å². The van der Waals surface area contributed by atoms with Crippen LogP contribution in [0.5, 0.6) is 17.2 Å². The van der Waals surface area contributed by atoms with Crippen molar-refractivity contribution in [3.63, 3.8) is 0 Å². The topological polar surface area (TPSA) is 71.0 Å². The van der Waals surface area contributed by atoms with Crippen molar-refractivity contribution in [2.45, 2.75) is 27.3 Å². The fraction of sp³-hybridized carbons (Fsp3) is 0.348. The maximum absolute atomic E-state index is 12.5. The molecule has 3 aromatic rings. The standard InChI is InChI=1S/C23H28N2O5/c1-7-25-18-10-14(3)9-17(16(18)13-19(25)23(26)30-8-2)24-15-11-20(27-4)22(29-6)21(12-15)28-5/h9-13,24H,7-8H2,1-6H3. The molecule has 160 valence electrons. The Morgan fingerprint density at radius 3 is 2.17 bits per heavy atom. The average molecular weight is 412 g/mol. The zero-order valence-corrected chi connectivity index (χ0v) is 18.3. The number of benzene rings is 2. The Kier molecular flexibility index (Phi) is 6.40. The van der Waals surface area contributed by atoms with E-state index in [0.29, 0.717) is 36.1 Å². The number of nitrogens with one attached hydrogen (secondary N) is 1. The van der Waals surface area contributed by atoms with Gasteiger partial charge in [-0.1, -0.05) is 0 Å². The third-order valence-corrected chi connectivity index (χ3v) is 4.91. The van der Waals surface area contributed by atoms with Gasteiger partial charge < -0.3 is 28.8 Å². The van der Waals surface area contributed by atoms with Crippen molar-refractivity contribution in [2.75, 3.05) is 33.3 Å². The largest absolute Gasteiger partial charge is 0.493 e. The highest BCUT2D eigenvalue weighted by Crippen LogP contribution is 2.41. The molecule has 0 saturated carbocycles. The van der Waals surface area contributed by atoms with Crippen LogP contribution in [0.4, 0.5) is 11.4 Å². The van der Waals surface area contributed by atoms with Crippen LogP contribution in [-0.2, 0) is 11.3 Å². The van der Waals surface area contributed by atoms with Crippen LogP contribution in [0.3, 0.4) is 0 Å². The summed E-state index contributed by atoms with van der Waals surface area (Å²) in [6.07, 6.45) is 0. The molecule has 7 heteroatoms. The van der Waals surface area contributed by atoms with E-state index in [1.807, 2.05) is 42.7 Å². The van der Waals surface area contributed by atoms with Crippen LogP contribution in [0.25, 0.3) is 10.9 Å². The molecule has 0 fully saturated rings. The van der Waals surface area contributed by atoms with Crippen LogP contribution in [0, 0.1) is 6.92 Å². The van der Waals surface area contributed by atoms with Crippen LogP contribution in [-0.4, -0.2) is 38.5 Å². The number of aryl methyl sites for hydroxylation is 2. The molecular formula is C23H28N2O5. The van der Waals surface area contributed by atoms with Crippen LogP contribution in [0.1, 0.15) is 29.9 Å². The molecule has 0 atom stereocenters. The quantitative estimate of drug-likeness (QED) is 0.530. The van der Waals surface area contributed by atoms with Gasteiger partial charge in [0.25, 0.3) is 0 Å². The van der Waals surface area contributed by atoms with Crippen molar-refractivity contribution in [3.8, 4) is 17.2 Å². The lowest BCUT2D eigenvalue weighted by Crippen LogP contribution is -2.11. The van der Waals surface area contributed by atoms with Gasteiger partial charge in [-0.2, -0.15) is 0 Å². The summed E-state index contributed by atoms with van der Waals surface area (Å²) in [6.45, 7) is 6.83. The number of ether oxygens (including phenoxy) is 4. The molecule has 0 saturated heterocycles. The lowest BCUT2D eigenvalue weighted by Gasteiger charge is -2.16. The number of rotatable bonds is 8. The second-order valence-corrected chi connectivity index (χ2v) is 6.78. The molecule has 0 aliphatic rings. The summed E-state index contributed by atoms with van der Waals surface area (Å²) in [5, 5.41) is 4.37. The van der Waals surface area contributed by atoms with E-state index in [1.54, 1.807) is 28.3 Å². The third-order valence-electron chi connectivity index (χ3n) is 4.91. The molecule has 2 aromatic carbocycles. The van der Waals surface area contributed by atoms with E-state index in [0.717, 1.165) is 27.8 Å². The molecule has 1 heterocycles. The Balaban J connectivity index is 2.14. The van der Waals surface area contributed by atoms with Gasteiger partial charge in [-0.05, 0) is 44.5 Å². The summed E-state index contributed by atoms with van der Waals surface area (Å²) in [5.74, 6) is 1.32. The van der Waals surface area contributed by atoms with E-state index in [-0.39, 0.29) is 5.97 Å². The molecular weight excluding hydrogens is 384 g/mol. The maximum Gasteiger partial charge on any atom is 0.354 e. The molecule has 0 bridgehead atoms. The summed E-state index contributed by atoms with van der Waals surface area (Å²) in [7, 11) is 4.74. The molecule has 0 amide bonds. The number of anilines is 2. The Hall–Kier alpha value is -3.35. The number of hydrogen-bond donors (Lipinski definition) is 1. The van der Waals surface area contributed by atoms with Crippen LogP contribution >= 0.6 is 0 Å². The molecule has 30 heavy (non-hydrogen) atoms. The summed E-state index contributed by atoms with van der Waals surface area (Å²) in [4.78, 5) is 12.5. The SMILES string of the molecule is CCOC(=O)c1cc2c(Nc3cc(OC)c(OC)c(OC)c3)cc(C)cc2n1CC. The molecule has 3 rings (SSSR count). The fourth-order valence-corrected chi connectivity index (χ4v) is 3.62. The Morgan fingerprint density at radius 2 is 1.63 bits per heavy atom. The molecule has 0 unspecified atom stereocenters. The van der Waals surface area contributed by atoms with Crippen LogP contribution in [0.2, 0.25) is 0 Å². The highest BCUT2D eigenvalue weighted by atomic mass is 16.5. The van der Waals surface area contributed by atoms with Crippen molar-refractivity contribution in [1.29, 1.82) is 0 Å². The Bertz CT molecular complexity index is 1050. The average Bonchev–Trinajstić information content (AvgIpc) is 3.11. The van der Waals surface area contributed by atoms with E-state index in [4.69, 9.17) is 18.9 Å². The molecule has 1 N–H and O–H groups in total. The van der Waals surface area contributed by atoms with Crippen molar-refractivity contribution < 1.29 is 23.7 Å². The zero-order chi connectivity index (χ0) is 21.8. The fourth-order valence-electron chi connectivity index (χ4n) is 3.62. The molecule has 0 spiro atoms. The van der Waals surface area contributed by atoms with E-state index in [9.17, 15) is 4.79 Å². The first kappa shape index (κ1) is 21.4. The first-order chi connectivity index (χ1) is 14.5. The predicted octanol–water partition coefficient (Wildman–Crippen LogP) is 4.92. The number of carbonyl (C=O) groups is 1. The molecule has 0 radical (unpaired) electrons. The molecule has 7 nitrogen and oxygen atoms in total. The summed E-state index contributed by atoms with van der Waals surface area (Å²) in [5.41, 5.74) is 4.22. The van der Waals surface area contributed by atoms with Gasteiger partial charge in [-0.25, -0.2) is 4.79 Å². The zero-order valence-electron chi connectivity index (χ0n) is 18.3. The highest BCUT2D eigenvalue weighted by Gasteiger charge is 2.19. The molecule has 1 aromatic heterocycles. The minimum atomic E-state index is -0.327. The summed E-state index contributed by atoms with van der Waals surface area (Å²) >= 11 is 0. The maximum atomic E-state index is 12.5. The number of hydrogen-bond acceptors (Lipinski definition) is 6. The minimum Gasteiger partial charge on any atom is -0.493 e. The van der Waals surface area contributed by atoms with Crippen molar-refractivity contribution in [3.05, 3.63) is 41.6 Å². The van der Waals surface area contributed by atoms with E-state index >= 15 is 0 Å². The van der Waals surface area contributed by atoms with Gasteiger partial charge in [0.2, 0.25) is 5.75 Å². The third kappa shape index (κ3) is 3.87. The number of esters is 1. The monoisotopic (exact) mass is 412 g/mol. The minimum absolute atomic E-state index is 0.327. The lowest BCUT2D eigenvalue weighted by molar-refractivity contribution is 0.0514. The molecule has 0 aliphatic carbocycles. The van der Waals surface area contributed by atoms with Crippen LogP contribution in [0.15, 0.2) is 30.3 Å². The first-order valence-corrected chi connectivity index (χ1v) is 9.85. The van der Waals surface area contributed by atoms with Crippen LogP contribution < -0.4 is 19.5 Å². The van der Waals surface area contributed by atoms with E-state index < -0.39 is 0 Å². The lowest BCUT2D eigenvalue weighted by atomic mass is 10.1. The summed E-state index contributed by atoms with van der Waals surface area (Å²) in [6, 6.07) is 9.68. The Morgan fingerprint density at radius 1 is 0.967 bits per heavy atom. The van der Waals surface area contributed by atoms with Crippen molar-refractivity contribution in [1.82, 2.24) is 4.57 Å². The van der Waals surface area contributed by atoms with Gasteiger partial charge in [-0.15, -0.1) is 0 Å². The normalized spacial score (nSPS) is 10.7. The Labute approximate surface area is 176 Å².